The summed E-state index contributed by atoms with van der Waals surface area (Å²) in [4.78, 5) is 16.3. The summed E-state index contributed by atoms with van der Waals surface area (Å²) in [6.45, 7) is 0. The van der Waals surface area contributed by atoms with Crippen LogP contribution in [0.5, 0.6) is 0 Å². The first kappa shape index (κ1) is 13.6. The van der Waals surface area contributed by atoms with E-state index in [0.717, 1.165) is 4.47 Å². The third kappa shape index (κ3) is 3.59. The van der Waals surface area contributed by atoms with Crippen molar-refractivity contribution in [1.29, 1.82) is 0 Å². The molecule has 96 valence electrons. The average molecular weight is 336 g/mol. The Morgan fingerprint density at radius 2 is 2.11 bits per heavy atom. The van der Waals surface area contributed by atoms with Gasteiger partial charge in [-0.1, -0.05) is 24.4 Å². The lowest BCUT2D eigenvalue weighted by atomic mass is 10.2. The van der Waals surface area contributed by atoms with Gasteiger partial charge in [-0.3, -0.25) is 4.79 Å². The Morgan fingerprint density at radius 3 is 2.74 bits per heavy atom. The first-order valence-electron chi connectivity index (χ1n) is 5.39. The molecule has 1 heterocycles. The van der Waals surface area contributed by atoms with Crippen LogP contribution in [0, 0.1) is 0 Å². The monoisotopic (exact) mass is 335 g/mol. The molecule has 3 N–H and O–H groups in total. The number of nitrogens with one attached hydrogen (secondary N) is 1. The second-order valence-corrected chi connectivity index (χ2v) is 5.12. The van der Waals surface area contributed by atoms with Crippen LogP contribution < -0.4 is 11.1 Å². The number of nitrogens with zero attached hydrogens (tertiary/aromatic N) is 1. The van der Waals surface area contributed by atoms with Crippen molar-refractivity contribution in [2.45, 2.75) is 0 Å². The fraction of sp³-hybridized carbons (Fsp3) is 0. The maximum Gasteiger partial charge on any atom is 0.274 e. The van der Waals surface area contributed by atoms with Crippen LogP contribution >= 0.6 is 28.1 Å². The molecule has 0 aliphatic rings. The summed E-state index contributed by atoms with van der Waals surface area (Å²) in [6, 6.07) is 10.4. The summed E-state index contributed by atoms with van der Waals surface area (Å²) in [5, 5.41) is 2.74. The highest BCUT2D eigenvalue weighted by molar-refractivity contribution is 9.10. The van der Waals surface area contributed by atoms with E-state index in [4.69, 9.17) is 18.0 Å². The third-order valence-corrected chi connectivity index (χ3v) is 3.07. The summed E-state index contributed by atoms with van der Waals surface area (Å²) < 4.78 is 0.819. The Hall–Kier alpha value is -1.79. The third-order valence-electron chi connectivity index (χ3n) is 2.36. The Bertz CT molecular complexity index is 628. The van der Waals surface area contributed by atoms with E-state index in [2.05, 4.69) is 26.2 Å². The summed E-state index contributed by atoms with van der Waals surface area (Å²) >= 11 is 8.16. The minimum absolute atomic E-state index is 0.285. The van der Waals surface area contributed by atoms with Crippen molar-refractivity contribution >= 4 is 44.7 Å². The standard InChI is InChI=1S/C13H10BrN3OS/c14-9-4-5-11(16-7-9)13(18)17-10-3-1-2-8(6-10)12(15)19/h1-7H,(H2,15,19)(H,17,18). The van der Waals surface area contributed by atoms with Crippen LogP contribution in [-0.4, -0.2) is 15.9 Å². The van der Waals surface area contributed by atoms with E-state index < -0.39 is 0 Å². The normalized spacial score (nSPS) is 9.95. The Balaban J connectivity index is 2.17. The largest absolute Gasteiger partial charge is 0.389 e. The predicted octanol–water partition coefficient (Wildman–Crippen LogP) is 2.73. The van der Waals surface area contributed by atoms with Gasteiger partial charge in [0.15, 0.2) is 0 Å². The van der Waals surface area contributed by atoms with Crippen molar-refractivity contribution < 1.29 is 4.79 Å². The van der Waals surface area contributed by atoms with Crippen LogP contribution in [0.3, 0.4) is 0 Å². The molecule has 0 spiro atoms. The van der Waals surface area contributed by atoms with Gasteiger partial charge in [0.1, 0.15) is 10.7 Å². The van der Waals surface area contributed by atoms with Gasteiger partial charge in [0, 0.05) is 21.9 Å². The van der Waals surface area contributed by atoms with E-state index in [1.54, 1.807) is 42.6 Å². The number of thiocarbonyl (C=S) groups is 1. The van der Waals surface area contributed by atoms with Gasteiger partial charge in [-0.2, -0.15) is 0 Å². The zero-order chi connectivity index (χ0) is 13.8. The Labute approximate surface area is 124 Å². The molecule has 19 heavy (non-hydrogen) atoms. The molecule has 0 atom stereocenters. The minimum atomic E-state index is -0.285. The molecule has 2 rings (SSSR count). The van der Waals surface area contributed by atoms with Crippen molar-refractivity contribution in [3.8, 4) is 0 Å². The zero-order valence-electron chi connectivity index (χ0n) is 9.76. The number of carbonyl (C=O) groups excluding carboxylic acids is 1. The van der Waals surface area contributed by atoms with Gasteiger partial charge in [-0.15, -0.1) is 0 Å². The van der Waals surface area contributed by atoms with Crippen molar-refractivity contribution in [3.63, 3.8) is 0 Å². The molecule has 0 saturated heterocycles. The van der Waals surface area contributed by atoms with Crippen molar-refractivity contribution in [2.24, 2.45) is 5.73 Å². The molecular weight excluding hydrogens is 326 g/mol. The number of hydrogen-bond donors (Lipinski definition) is 2. The van der Waals surface area contributed by atoms with Crippen LogP contribution in [0.25, 0.3) is 0 Å². The number of hydrogen-bond acceptors (Lipinski definition) is 3. The van der Waals surface area contributed by atoms with Crippen molar-refractivity contribution in [1.82, 2.24) is 4.98 Å². The highest BCUT2D eigenvalue weighted by Crippen LogP contribution is 2.13. The molecule has 2 aromatic rings. The molecule has 1 aromatic carbocycles. The number of carbonyl (C=O) groups is 1. The molecule has 1 amide bonds. The number of benzene rings is 1. The summed E-state index contributed by atoms with van der Waals surface area (Å²) in [5.41, 5.74) is 7.21. The number of pyridine rings is 1. The SMILES string of the molecule is NC(=S)c1cccc(NC(=O)c2ccc(Br)cn2)c1. The van der Waals surface area contributed by atoms with Gasteiger partial charge in [-0.25, -0.2) is 4.98 Å². The number of nitrogens with two attached hydrogens (primary N) is 1. The zero-order valence-corrected chi connectivity index (χ0v) is 12.2. The maximum absolute atomic E-state index is 12.0. The summed E-state index contributed by atoms with van der Waals surface area (Å²) in [5.74, 6) is -0.285. The lowest BCUT2D eigenvalue weighted by molar-refractivity contribution is 0.102. The first-order chi connectivity index (χ1) is 9.06. The van der Waals surface area contributed by atoms with E-state index in [0.29, 0.717) is 16.9 Å². The molecule has 1 aromatic heterocycles. The lowest BCUT2D eigenvalue weighted by Crippen LogP contribution is -2.14. The van der Waals surface area contributed by atoms with Crippen LogP contribution in [0.4, 0.5) is 5.69 Å². The lowest BCUT2D eigenvalue weighted by Gasteiger charge is -2.06. The van der Waals surface area contributed by atoms with Crippen molar-refractivity contribution in [2.75, 3.05) is 5.32 Å². The Morgan fingerprint density at radius 1 is 1.32 bits per heavy atom. The van der Waals surface area contributed by atoms with Gasteiger partial charge in [0.05, 0.1) is 0 Å². The molecule has 0 fully saturated rings. The van der Waals surface area contributed by atoms with E-state index >= 15 is 0 Å². The molecule has 0 bridgehead atoms. The molecule has 4 nitrogen and oxygen atoms in total. The number of halogens is 1. The topological polar surface area (TPSA) is 68.0 Å². The van der Waals surface area contributed by atoms with E-state index in [1.165, 1.54) is 0 Å². The highest BCUT2D eigenvalue weighted by Gasteiger charge is 2.08. The molecule has 6 heteroatoms. The summed E-state index contributed by atoms with van der Waals surface area (Å²) in [7, 11) is 0. The number of amides is 1. The second-order valence-electron chi connectivity index (χ2n) is 3.76. The minimum Gasteiger partial charge on any atom is -0.389 e. The van der Waals surface area contributed by atoms with Gasteiger partial charge in [-0.05, 0) is 40.2 Å². The van der Waals surface area contributed by atoms with Crippen molar-refractivity contribution in [3.05, 3.63) is 58.3 Å². The highest BCUT2D eigenvalue weighted by atomic mass is 79.9. The summed E-state index contributed by atoms with van der Waals surface area (Å²) in [6.07, 6.45) is 1.57. The molecule has 0 unspecified atom stereocenters. The molecule has 0 radical (unpaired) electrons. The van der Waals surface area contributed by atoms with Gasteiger partial charge >= 0.3 is 0 Å². The second kappa shape index (κ2) is 5.90. The molecule has 0 aliphatic carbocycles. The molecular formula is C13H10BrN3OS. The quantitative estimate of drug-likeness (QED) is 0.846. The smallest absolute Gasteiger partial charge is 0.274 e. The fourth-order valence-electron chi connectivity index (χ4n) is 1.46. The Kier molecular flexibility index (Phi) is 4.24. The molecule has 0 saturated carbocycles. The average Bonchev–Trinajstić information content (AvgIpc) is 2.39. The number of aromatic nitrogens is 1. The van der Waals surface area contributed by atoms with E-state index in [-0.39, 0.29) is 10.9 Å². The van der Waals surface area contributed by atoms with E-state index in [1.807, 2.05) is 0 Å². The van der Waals surface area contributed by atoms with Crippen LogP contribution in [0.1, 0.15) is 16.1 Å². The van der Waals surface area contributed by atoms with Gasteiger partial charge < -0.3 is 11.1 Å². The van der Waals surface area contributed by atoms with E-state index in [9.17, 15) is 4.79 Å². The van der Waals surface area contributed by atoms with Crippen LogP contribution in [0.2, 0.25) is 0 Å². The number of anilines is 1. The fourth-order valence-corrected chi connectivity index (χ4v) is 1.82. The number of rotatable bonds is 3. The van der Waals surface area contributed by atoms with Crippen LogP contribution in [-0.2, 0) is 0 Å². The predicted molar refractivity (Wildman–Crippen MR) is 82.2 cm³/mol. The van der Waals surface area contributed by atoms with Gasteiger partial charge in [0.25, 0.3) is 5.91 Å². The molecule has 0 aliphatic heterocycles. The van der Waals surface area contributed by atoms with Gasteiger partial charge in [0.2, 0.25) is 0 Å². The van der Waals surface area contributed by atoms with Crippen LogP contribution in [0.15, 0.2) is 47.1 Å². The first-order valence-corrected chi connectivity index (χ1v) is 6.59. The maximum atomic E-state index is 12.0.